The minimum atomic E-state index is -4.84. The predicted octanol–water partition coefficient (Wildman–Crippen LogP) is 1.54. The van der Waals surface area contributed by atoms with Gasteiger partial charge in [0, 0.05) is 0 Å². The van der Waals surface area contributed by atoms with Crippen LogP contribution in [-0.2, 0) is 19.7 Å². The fourth-order valence-corrected chi connectivity index (χ4v) is 2.85. The Bertz CT molecular complexity index is 686. The first kappa shape index (κ1) is 34.2. The number of para-hydroxylation sites is 1. The molecule has 3 N–H and O–H groups in total. The molecule has 1 aromatic carbocycles. The summed E-state index contributed by atoms with van der Waals surface area (Å²) in [6.45, 7) is 9.12. The van der Waals surface area contributed by atoms with Gasteiger partial charge in [0.25, 0.3) is 10.1 Å². The van der Waals surface area contributed by atoms with Crippen LogP contribution in [0.5, 0.6) is 5.75 Å². The Morgan fingerprint density at radius 3 is 1.87 bits per heavy atom. The molecular weight excluding hydrogens is 435 g/mol. The second-order valence-electron chi connectivity index (χ2n) is 6.22. The van der Waals surface area contributed by atoms with Crippen molar-refractivity contribution in [3.8, 4) is 5.75 Å². The van der Waals surface area contributed by atoms with E-state index in [1.165, 1.54) is 44.9 Å². The minimum Gasteiger partial charge on any atom is -1.00 e. The van der Waals surface area contributed by atoms with Crippen LogP contribution in [0, 0.1) is 0 Å². The van der Waals surface area contributed by atoms with Gasteiger partial charge in [-0.3, -0.25) is 14.1 Å². The van der Waals surface area contributed by atoms with Crippen molar-refractivity contribution in [1.29, 1.82) is 0 Å². The van der Waals surface area contributed by atoms with E-state index in [2.05, 4.69) is 20.1 Å². The van der Waals surface area contributed by atoms with E-state index in [0.29, 0.717) is 0 Å². The summed E-state index contributed by atoms with van der Waals surface area (Å²) in [5, 5.41) is 13.9. The van der Waals surface area contributed by atoms with Crippen molar-refractivity contribution >= 4 is 22.1 Å². The molecule has 0 aliphatic carbocycles. The zero-order chi connectivity index (χ0) is 23.4. The summed E-state index contributed by atoms with van der Waals surface area (Å²) in [7, 11) is -4.84. The monoisotopic (exact) mass is 470 g/mol. The summed E-state index contributed by atoms with van der Waals surface area (Å²) < 4.78 is 34.3. The predicted molar refractivity (Wildman–Crippen MR) is 118 cm³/mol. The molecule has 1 rings (SSSR count). The number of unbranched alkanes of at least 4 members (excludes halogenated alkanes) is 6. The number of carboxylic acids is 2. The van der Waals surface area contributed by atoms with Crippen LogP contribution in [0.15, 0.2) is 43.5 Å². The summed E-state index contributed by atoms with van der Waals surface area (Å²) in [5.41, 5.74) is 0. The van der Waals surface area contributed by atoms with Gasteiger partial charge in [0.1, 0.15) is 5.75 Å². The Hall–Kier alpha value is -1.39. The molecule has 174 valence electrons. The average Bonchev–Trinajstić information content (AvgIpc) is 2.70. The number of carbonyl (C=O) groups is 2. The van der Waals surface area contributed by atoms with Gasteiger partial charge in [0.15, 0.2) is 5.25 Å². The Morgan fingerprint density at radius 2 is 1.48 bits per heavy atom. The van der Waals surface area contributed by atoms with Crippen molar-refractivity contribution in [2.45, 2.75) is 63.5 Å². The minimum absolute atomic E-state index is 0. The van der Waals surface area contributed by atoms with Crippen molar-refractivity contribution in [2.75, 3.05) is 6.61 Å². The van der Waals surface area contributed by atoms with Crippen LogP contribution in [-0.4, -0.2) is 47.0 Å². The molecule has 0 aromatic heterocycles. The van der Waals surface area contributed by atoms with Crippen molar-refractivity contribution in [3.63, 3.8) is 0 Å². The maximum Gasteiger partial charge on any atom is 1.00 e. The molecule has 0 aliphatic heterocycles. The maximum atomic E-state index is 10.2. The molecule has 1 atom stereocenters. The van der Waals surface area contributed by atoms with Gasteiger partial charge in [-0.15, -0.1) is 13.2 Å². The summed E-state index contributed by atoms with van der Waals surface area (Å²) in [4.78, 5) is 20.0. The molecular formula is C21H35NaO8S. The first-order chi connectivity index (χ1) is 14.2. The third-order valence-corrected chi connectivity index (χ3v) is 4.84. The maximum absolute atomic E-state index is 10.2. The van der Waals surface area contributed by atoms with E-state index in [1.54, 1.807) is 0 Å². The molecule has 0 heterocycles. The summed E-state index contributed by atoms with van der Waals surface area (Å²) >= 11 is 0. The number of benzene rings is 1. The van der Waals surface area contributed by atoms with Crippen molar-refractivity contribution < 1.29 is 68.5 Å². The Kier molecular flexibility index (Phi) is 24.1. The fourth-order valence-electron chi connectivity index (χ4n) is 2.24. The Morgan fingerprint density at radius 1 is 1.00 bits per heavy atom. The van der Waals surface area contributed by atoms with Crippen LogP contribution < -0.4 is 34.3 Å². The number of rotatable bonds is 13. The van der Waals surface area contributed by atoms with Crippen LogP contribution in [0.25, 0.3) is 0 Å². The largest absolute Gasteiger partial charge is 1.00 e. The van der Waals surface area contributed by atoms with Crippen LogP contribution in [0.3, 0.4) is 0 Å². The second-order valence-corrected chi connectivity index (χ2v) is 7.82. The number of ether oxygens (including phenoxy) is 1. The molecule has 0 amide bonds. The fraction of sp³-hybridized carbons (Fsp3) is 0.524. The van der Waals surface area contributed by atoms with E-state index < -0.39 is 33.7 Å². The van der Waals surface area contributed by atoms with E-state index in [1.807, 2.05) is 30.3 Å². The van der Waals surface area contributed by atoms with Gasteiger partial charge in [-0.1, -0.05) is 63.6 Å². The van der Waals surface area contributed by atoms with Gasteiger partial charge in [0.2, 0.25) is 0 Å². The number of carboxylic acid groups (broad SMARTS) is 2. The Labute approximate surface area is 209 Å². The van der Waals surface area contributed by atoms with Gasteiger partial charge >= 0.3 is 41.5 Å². The molecule has 0 saturated heterocycles. The first-order valence-electron chi connectivity index (χ1n) is 9.77. The van der Waals surface area contributed by atoms with Gasteiger partial charge < -0.3 is 16.4 Å². The van der Waals surface area contributed by atoms with Crippen LogP contribution >= 0.6 is 0 Å². The van der Waals surface area contributed by atoms with Gasteiger partial charge in [-0.05, 0) is 18.6 Å². The molecule has 0 aliphatic rings. The molecule has 31 heavy (non-hydrogen) atoms. The van der Waals surface area contributed by atoms with Crippen LogP contribution in [0.2, 0.25) is 0 Å². The topological polar surface area (TPSA) is 138 Å². The van der Waals surface area contributed by atoms with Crippen molar-refractivity contribution in [2.24, 2.45) is 0 Å². The molecule has 8 nitrogen and oxygen atoms in total. The van der Waals surface area contributed by atoms with E-state index in [0.717, 1.165) is 12.4 Å². The van der Waals surface area contributed by atoms with Gasteiger partial charge in [-0.25, -0.2) is 0 Å². The first-order valence-corrected chi connectivity index (χ1v) is 11.3. The molecule has 1 aromatic rings. The molecule has 0 spiro atoms. The molecule has 0 saturated carbocycles. The average molecular weight is 471 g/mol. The SMILES string of the molecule is C=C.CCCCCCCCCOc1ccccc1.O=C(O)CC(C(=O)O)S(=O)(=O)O.[H-].[Na+]. The second kappa shape index (κ2) is 21.8. The van der Waals surface area contributed by atoms with Gasteiger partial charge in [0.05, 0.1) is 13.0 Å². The summed E-state index contributed by atoms with van der Waals surface area (Å²) in [5.74, 6) is -2.51. The number of hydrogen-bond acceptors (Lipinski definition) is 5. The molecule has 0 bridgehead atoms. The van der Waals surface area contributed by atoms with E-state index >= 15 is 0 Å². The Balaban J connectivity index is -0.000000222. The van der Waals surface area contributed by atoms with Crippen LogP contribution in [0.1, 0.15) is 59.7 Å². The molecule has 10 heteroatoms. The molecule has 1 unspecified atom stereocenters. The van der Waals surface area contributed by atoms with E-state index in [-0.39, 0.29) is 31.0 Å². The number of aliphatic carboxylic acids is 2. The third-order valence-electron chi connectivity index (χ3n) is 3.75. The smallest absolute Gasteiger partial charge is 1.00 e. The van der Waals surface area contributed by atoms with Crippen molar-refractivity contribution in [1.82, 2.24) is 0 Å². The molecule has 0 radical (unpaired) electrons. The zero-order valence-electron chi connectivity index (χ0n) is 19.5. The quantitative estimate of drug-likeness (QED) is 0.171. The molecule has 0 fully saturated rings. The summed E-state index contributed by atoms with van der Waals surface area (Å²) in [6, 6.07) is 10.1. The van der Waals surface area contributed by atoms with E-state index in [4.69, 9.17) is 19.5 Å². The normalized spacial score (nSPS) is 10.8. The van der Waals surface area contributed by atoms with E-state index in [9.17, 15) is 18.0 Å². The zero-order valence-corrected chi connectivity index (χ0v) is 21.3. The van der Waals surface area contributed by atoms with Gasteiger partial charge in [-0.2, -0.15) is 8.42 Å². The van der Waals surface area contributed by atoms with Crippen LogP contribution in [0.4, 0.5) is 0 Å². The third kappa shape index (κ3) is 21.6. The number of hydrogen-bond donors (Lipinski definition) is 3. The summed E-state index contributed by atoms with van der Waals surface area (Å²) in [6.07, 6.45) is 8.19. The standard InChI is InChI=1S/C15H24O.C4H6O7S.C2H4.Na.H/c1-2-3-4-5-6-7-11-14-16-15-12-9-8-10-13-15;5-3(6)1-2(4(7)8)12(9,10)11;1-2;;/h8-10,12-13H,2-7,11,14H2,1H3;2H,1H2,(H,5,6)(H,7,8)(H,9,10,11);1-2H2;;/q;;;+1;-1. The van der Waals surface area contributed by atoms with Crippen molar-refractivity contribution in [3.05, 3.63) is 43.5 Å².